The zero-order valence-corrected chi connectivity index (χ0v) is 12.8. The molecular weight excluding hydrogens is 325 g/mol. The lowest BCUT2D eigenvalue weighted by Gasteiger charge is -2.14. The maximum atomic E-state index is 12.8. The van der Waals surface area contributed by atoms with Crippen LogP contribution in [-0.2, 0) is 17.6 Å². The van der Waals surface area contributed by atoms with E-state index >= 15 is 0 Å². The molecular formula is C15H17F3N4O2. The van der Waals surface area contributed by atoms with Crippen molar-refractivity contribution in [1.82, 2.24) is 10.4 Å². The Bertz CT molecular complexity index is 651. The highest BCUT2D eigenvalue weighted by Gasteiger charge is 2.35. The van der Waals surface area contributed by atoms with Crippen molar-refractivity contribution in [2.24, 2.45) is 5.84 Å². The molecule has 9 heteroatoms. The second-order valence-corrected chi connectivity index (χ2v) is 4.33. The molecule has 0 spiro atoms. The van der Waals surface area contributed by atoms with Gasteiger partial charge in [0, 0.05) is 24.5 Å². The van der Waals surface area contributed by atoms with Gasteiger partial charge in [-0.1, -0.05) is 18.2 Å². The maximum Gasteiger partial charge on any atom is 0.421 e. The molecule has 1 amide bonds. The fraction of sp³-hybridized carbons (Fsp3) is 0.200. The lowest BCUT2D eigenvalue weighted by Crippen LogP contribution is -2.18. The SMILES string of the molecule is CNc1ccccc1COc1ncccc1C(F)(F)F.NNC=O. The summed E-state index contributed by atoms with van der Waals surface area (Å²) in [5.41, 5.74) is 2.44. The fourth-order valence-electron chi connectivity index (χ4n) is 1.76. The number of ether oxygens (including phenoxy) is 1. The third-order valence-electron chi connectivity index (χ3n) is 2.80. The Balaban J connectivity index is 0.000000648. The summed E-state index contributed by atoms with van der Waals surface area (Å²) in [5.74, 6) is 4.00. The van der Waals surface area contributed by atoms with E-state index in [0.29, 0.717) is 6.41 Å². The zero-order chi connectivity index (χ0) is 18.0. The highest BCUT2D eigenvalue weighted by Crippen LogP contribution is 2.35. The first-order chi connectivity index (χ1) is 11.4. The van der Waals surface area contributed by atoms with E-state index in [1.807, 2.05) is 12.1 Å². The third-order valence-corrected chi connectivity index (χ3v) is 2.80. The van der Waals surface area contributed by atoms with Gasteiger partial charge in [0.2, 0.25) is 12.3 Å². The number of alkyl halides is 3. The molecule has 4 N–H and O–H groups in total. The van der Waals surface area contributed by atoms with Crippen LogP contribution in [-0.4, -0.2) is 18.4 Å². The lowest BCUT2D eigenvalue weighted by atomic mass is 10.2. The summed E-state index contributed by atoms with van der Waals surface area (Å²) in [6.45, 7) is 0.0110. The van der Waals surface area contributed by atoms with Gasteiger partial charge in [0.15, 0.2) is 0 Å². The number of para-hydroxylation sites is 1. The molecule has 2 aromatic rings. The van der Waals surface area contributed by atoms with Gasteiger partial charge in [-0.25, -0.2) is 10.8 Å². The summed E-state index contributed by atoms with van der Waals surface area (Å²) in [7, 11) is 1.74. The largest absolute Gasteiger partial charge is 0.472 e. The molecule has 0 radical (unpaired) electrons. The summed E-state index contributed by atoms with van der Waals surface area (Å²) in [4.78, 5) is 12.6. The Kier molecular flexibility index (Phi) is 7.50. The highest BCUT2D eigenvalue weighted by molar-refractivity contribution is 5.50. The number of benzene rings is 1. The number of aromatic nitrogens is 1. The van der Waals surface area contributed by atoms with Crippen molar-refractivity contribution in [3.05, 3.63) is 53.7 Å². The standard InChI is InChI=1S/C14H13F3N2O.CH4N2O/c1-18-12-7-3-2-5-10(12)9-20-13-11(14(15,16)17)6-4-8-19-13;2-3-1-4/h2-8,18H,9H2,1H3;1H,2H2,(H,3,4). The van der Waals surface area contributed by atoms with Crippen LogP contribution in [0.3, 0.4) is 0 Å². The molecule has 2 rings (SSSR count). The van der Waals surface area contributed by atoms with Crippen LogP contribution in [0.4, 0.5) is 18.9 Å². The van der Waals surface area contributed by atoms with Crippen molar-refractivity contribution < 1.29 is 22.7 Å². The maximum absolute atomic E-state index is 12.8. The average Bonchev–Trinajstić information content (AvgIpc) is 2.60. The van der Waals surface area contributed by atoms with Crippen LogP contribution in [0, 0.1) is 0 Å². The topological polar surface area (TPSA) is 89.3 Å². The number of nitrogens with two attached hydrogens (primary N) is 1. The van der Waals surface area contributed by atoms with Gasteiger partial charge in [-0.3, -0.25) is 10.2 Å². The number of pyridine rings is 1. The minimum Gasteiger partial charge on any atom is -0.472 e. The molecule has 0 bridgehead atoms. The van der Waals surface area contributed by atoms with E-state index in [1.54, 1.807) is 24.6 Å². The van der Waals surface area contributed by atoms with Gasteiger partial charge in [-0.05, 0) is 18.2 Å². The fourth-order valence-corrected chi connectivity index (χ4v) is 1.76. The predicted molar refractivity (Wildman–Crippen MR) is 82.9 cm³/mol. The first-order valence-electron chi connectivity index (χ1n) is 6.74. The molecule has 24 heavy (non-hydrogen) atoms. The molecule has 0 saturated heterocycles. The number of rotatable bonds is 5. The van der Waals surface area contributed by atoms with Gasteiger partial charge in [0.25, 0.3) is 0 Å². The Hall–Kier alpha value is -2.81. The molecule has 0 saturated carbocycles. The van der Waals surface area contributed by atoms with Gasteiger partial charge in [-0.15, -0.1) is 0 Å². The van der Waals surface area contributed by atoms with E-state index in [-0.39, 0.29) is 6.61 Å². The van der Waals surface area contributed by atoms with Gasteiger partial charge in [-0.2, -0.15) is 13.2 Å². The Labute approximate surface area is 136 Å². The number of carbonyl (C=O) groups is 1. The highest BCUT2D eigenvalue weighted by atomic mass is 19.4. The monoisotopic (exact) mass is 342 g/mol. The summed E-state index contributed by atoms with van der Waals surface area (Å²) in [6, 6.07) is 9.41. The first kappa shape index (κ1) is 19.2. The number of halogens is 3. The number of nitrogens with zero attached hydrogens (tertiary/aromatic N) is 1. The Morgan fingerprint density at radius 1 is 1.25 bits per heavy atom. The smallest absolute Gasteiger partial charge is 0.421 e. The second-order valence-electron chi connectivity index (χ2n) is 4.33. The number of hydrogen-bond acceptors (Lipinski definition) is 5. The van der Waals surface area contributed by atoms with Crippen molar-refractivity contribution in [3.63, 3.8) is 0 Å². The average molecular weight is 342 g/mol. The summed E-state index contributed by atoms with van der Waals surface area (Å²) >= 11 is 0. The number of hydrogen-bond donors (Lipinski definition) is 3. The molecule has 6 nitrogen and oxygen atoms in total. The van der Waals surface area contributed by atoms with E-state index in [9.17, 15) is 13.2 Å². The molecule has 0 atom stereocenters. The third kappa shape index (κ3) is 5.76. The number of anilines is 1. The van der Waals surface area contributed by atoms with Crippen molar-refractivity contribution in [3.8, 4) is 5.88 Å². The van der Waals surface area contributed by atoms with Crippen molar-refractivity contribution in [1.29, 1.82) is 0 Å². The van der Waals surface area contributed by atoms with Gasteiger partial charge in [0.05, 0.1) is 0 Å². The number of hydrazine groups is 1. The minimum atomic E-state index is -4.48. The zero-order valence-electron chi connectivity index (χ0n) is 12.8. The van der Waals surface area contributed by atoms with Crippen LogP contribution in [0.2, 0.25) is 0 Å². The van der Waals surface area contributed by atoms with Crippen molar-refractivity contribution in [2.75, 3.05) is 12.4 Å². The van der Waals surface area contributed by atoms with Crippen LogP contribution < -0.4 is 21.3 Å². The number of carbonyl (C=O) groups excluding carboxylic acids is 1. The summed E-state index contributed by atoms with van der Waals surface area (Å²) < 4.78 is 43.6. The van der Waals surface area contributed by atoms with Gasteiger partial charge >= 0.3 is 6.18 Å². The van der Waals surface area contributed by atoms with E-state index in [2.05, 4.69) is 16.1 Å². The first-order valence-corrected chi connectivity index (χ1v) is 6.74. The van der Waals surface area contributed by atoms with E-state index < -0.39 is 17.6 Å². The van der Waals surface area contributed by atoms with Crippen LogP contribution >= 0.6 is 0 Å². The Morgan fingerprint density at radius 3 is 2.50 bits per heavy atom. The predicted octanol–water partition coefficient (Wildman–Crippen LogP) is 2.33. The molecule has 0 fully saturated rings. The summed E-state index contributed by atoms with van der Waals surface area (Å²) in [6.07, 6.45) is -2.80. The van der Waals surface area contributed by atoms with E-state index in [4.69, 9.17) is 9.53 Å². The molecule has 1 aromatic heterocycles. The quantitative estimate of drug-likeness (QED) is 0.336. The molecule has 1 heterocycles. The van der Waals surface area contributed by atoms with Gasteiger partial charge in [0.1, 0.15) is 12.2 Å². The molecule has 0 unspecified atom stereocenters. The molecule has 0 aliphatic heterocycles. The van der Waals surface area contributed by atoms with Gasteiger partial charge < -0.3 is 10.1 Å². The van der Waals surface area contributed by atoms with Crippen LogP contribution in [0.5, 0.6) is 5.88 Å². The van der Waals surface area contributed by atoms with Crippen molar-refractivity contribution in [2.45, 2.75) is 12.8 Å². The molecule has 0 aliphatic rings. The molecule has 130 valence electrons. The second kappa shape index (κ2) is 9.36. The molecule has 0 aliphatic carbocycles. The number of nitrogens with one attached hydrogen (secondary N) is 2. The van der Waals surface area contributed by atoms with Crippen LogP contribution in [0.15, 0.2) is 42.6 Å². The Morgan fingerprint density at radius 2 is 1.92 bits per heavy atom. The summed E-state index contributed by atoms with van der Waals surface area (Å²) in [5, 5.41) is 2.95. The minimum absolute atomic E-state index is 0.0110. The van der Waals surface area contributed by atoms with E-state index in [0.717, 1.165) is 17.3 Å². The number of amides is 1. The lowest BCUT2D eigenvalue weighted by molar-refractivity contribution is -0.139. The van der Waals surface area contributed by atoms with Crippen LogP contribution in [0.25, 0.3) is 0 Å². The van der Waals surface area contributed by atoms with Crippen LogP contribution in [0.1, 0.15) is 11.1 Å². The van der Waals surface area contributed by atoms with E-state index in [1.165, 1.54) is 12.3 Å². The van der Waals surface area contributed by atoms with Crippen molar-refractivity contribution >= 4 is 12.1 Å². The molecule has 1 aromatic carbocycles. The normalized spacial score (nSPS) is 10.2.